The topological polar surface area (TPSA) is 30.5 Å². The Bertz CT molecular complexity index is 376. The molecule has 1 atom stereocenters. The summed E-state index contributed by atoms with van der Waals surface area (Å²) in [5.74, 6) is -0.0297. The van der Waals surface area contributed by atoms with Crippen molar-refractivity contribution in [3.8, 4) is 5.75 Å². The highest BCUT2D eigenvalue weighted by Gasteiger charge is 2.17. The molecule has 0 saturated carbocycles. The van der Waals surface area contributed by atoms with Gasteiger partial charge in [-0.15, -0.1) is 0 Å². The summed E-state index contributed by atoms with van der Waals surface area (Å²) in [5, 5.41) is 3.22. The van der Waals surface area contributed by atoms with E-state index < -0.39 is 0 Å². The largest absolute Gasteiger partial charge is 0.488 e. The third kappa shape index (κ3) is 3.17. The minimum atomic E-state index is -0.328. The van der Waals surface area contributed by atoms with E-state index in [-0.39, 0.29) is 18.0 Å². The lowest BCUT2D eigenvalue weighted by Gasteiger charge is -2.24. The zero-order valence-electron chi connectivity index (χ0n) is 10.2. The number of benzene rings is 1. The van der Waals surface area contributed by atoms with Crippen LogP contribution in [0.5, 0.6) is 5.75 Å². The molecule has 1 N–H and O–H groups in total. The molecular weight excluding hydrogens is 221 g/mol. The summed E-state index contributed by atoms with van der Waals surface area (Å²) in [6.07, 6.45) is -0.0886. The molecule has 1 aromatic rings. The lowest BCUT2D eigenvalue weighted by molar-refractivity contribution is 0.0274. The SMILES string of the molecule is CC(C)Oc1ccc(C2CNCCO2)cc1F. The Morgan fingerprint density at radius 1 is 1.47 bits per heavy atom. The summed E-state index contributed by atoms with van der Waals surface area (Å²) >= 11 is 0. The highest BCUT2D eigenvalue weighted by atomic mass is 19.1. The second kappa shape index (κ2) is 5.47. The zero-order valence-corrected chi connectivity index (χ0v) is 10.2. The van der Waals surface area contributed by atoms with E-state index in [0.29, 0.717) is 12.4 Å². The van der Waals surface area contributed by atoms with E-state index in [1.165, 1.54) is 6.07 Å². The molecule has 0 amide bonds. The normalized spacial score (nSPS) is 20.6. The van der Waals surface area contributed by atoms with Crippen molar-refractivity contribution >= 4 is 0 Å². The molecule has 3 nitrogen and oxygen atoms in total. The Kier molecular flexibility index (Phi) is 3.97. The molecule has 0 aliphatic carbocycles. The van der Waals surface area contributed by atoms with Crippen LogP contribution < -0.4 is 10.1 Å². The van der Waals surface area contributed by atoms with Gasteiger partial charge in [-0.1, -0.05) is 6.07 Å². The van der Waals surface area contributed by atoms with Gasteiger partial charge < -0.3 is 14.8 Å². The lowest BCUT2D eigenvalue weighted by Crippen LogP contribution is -2.33. The van der Waals surface area contributed by atoms with Crippen molar-refractivity contribution < 1.29 is 13.9 Å². The van der Waals surface area contributed by atoms with Crippen molar-refractivity contribution in [2.45, 2.75) is 26.1 Å². The van der Waals surface area contributed by atoms with Gasteiger partial charge in [-0.05, 0) is 31.5 Å². The molecule has 1 aliphatic rings. The van der Waals surface area contributed by atoms with Crippen LogP contribution in [0.4, 0.5) is 4.39 Å². The van der Waals surface area contributed by atoms with Gasteiger partial charge in [0.05, 0.1) is 18.8 Å². The smallest absolute Gasteiger partial charge is 0.165 e. The predicted molar refractivity (Wildman–Crippen MR) is 63.7 cm³/mol. The molecule has 0 spiro atoms. The van der Waals surface area contributed by atoms with Crippen LogP contribution in [0.15, 0.2) is 18.2 Å². The van der Waals surface area contributed by atoms with Crippen LogP contribution in [0.2, 0.25) is 0 Å². The van der Waals surface area contributed by atoms with Crippen molar-refractivity contribution in [3.63, 3.8) is 0 Å². The van der Waals surface area contributed by atoms with E-state index in [9.17, 15) is 4.39 Å². The Labute approximate surface area is 101 Å². The standard InChI is InChI=1S/C13H18FNO2/c1-9(2)17-12-4-3-10(7-11(12)14)13-8-15-5-6-16-13/h3-4,7,9,13,15H,5-6,8H2,1-2H3. The Balaban J connectivity index is 2.12. The van der Waals surface area contributed by atoms with E-state index in [0.717, 1.165) is 18.7 Å². The molecule has 17 heavy (non-hydrogen) atoms. The number of nitrogens with one attached hydrogen (secondary N) is 1. The third-order valence-electron chi connectivity index (χ3n) is 2.62. The van der Waals surface area contributed by atoms with E-state index >= 15 is 0 Å². The van der Waals surface area contributed by atoms with Crippen molar-refractivity contribution in [1.29, 1.82) is 0 Å². The Morgan fingerprint density at radius 2 is 2.29 bits per heavy atom. The maximum absolute atomic E-state index is 13.8. The van der Waals surface area contributed by atoms with Gasteiger partial charge >= 0.3 is 0 Å². The first-order valence-corrected chi connectivity index (χ1v) is 5.95. The summed E-state index contributed by atoms with van der Waals surface area (Å²) in [4.78, 5) is 0. The zero-order chi connectivity index (χ0) is 12.3. The van der Waals surface area contributed by atoms with Crippen molar-refractivity contribution in [3.05, 3.63) is 29.6 Å². The minimum absolute atomic E-state index is 0.0250. The van der Waals surface area contributed by atoms with E-state index in [4.69, 9.17) is 9.47 Å². The number of ether oxygens (including phenoxy) is 2. The fraction of sp³-hybridized carbons (Fsp3) is 0.538. The molecule has 0 bridgehead atoms. The van der Waals surface area contributed by atoms with Crippen molar-refractivity contribution in [2.24, 2.45) is 0 Å². The molecule has 2 rings (SSSR count). The first kappa shape index (κ1) is 12.3. The molecule has 1 saturated heterocycles. The fourth-order valence-corrected chi connectivity index (χ4v) is 1.85. The van der Waals surface area contributed by atoms with Gasteiger partial charge in [0, 0.05) is 13.1 Å². The third-order valence-corrected chi connectivity index (χ3v) is 2.62. The molecule has 0 radical (unpaired) electrons. The van der Waals surface area contributed by atoms with Gasteiger partial charge in [0.25, 0.3) is 0 Å². The maximum Gasteiger partial charge on any atom is 0.165 e. The molecule has 4 heteroatoms. The first-order chi connectivity index (χ1) is 8.16. The van der Waals surface area contributed by atoms with Gasteiger partial charge in [-0.3, -0.25) is 0 Å². The molecule has 1 aromatic carbocycles. The van der Waals surface area contributed by atoms with Crippen LogP contribution in [0, 0.1) is 5.82 Å². The molecule has 1 unspecified atom stereocenters. The van der Waals surface area contributed by atoms with E-state index in [1.807, 2.05) is 19.9 Å². The van der Waals surface area contributed by atoms with Crippen molar-refractivity contribution in [1.82, 2.24) is 5.32 Å². The highest BCUT2D eigenvalue weighted by Crippen LogP contribution is 2.25. The predicted octanol–water partition coefficient (Wildman–Crippen LogP) is 2.27. The van der Waals surface area contributed by atoms with Gasteiger partial charge in [0.2, 0.25) is 0 Å². The molecular formula is C13H18FNO2. The summed E-state index contributed by atoms with van der Waals surface area (Å²) in [6, 6.07) is 5.02. The van der Waals surface area contributed by atoms with Gasteiger partial charge in [0.1, 0.15) is 0 Å². The Morgan fingerprint density at radius 3 is 2.88 bits per heavy atom. The van der Waals surface area contributed by atoms with Crippen LogP contribution in [0.3, 0.4) is 0 Å². The van der Waals surface area contributed by atoms with Crippen LogP contribution in [0.1, 0.15) is 25.5 Å². The fourth-order valence-electron chi connectivity index (χ4n) is 1.85. The van der Waals surface area contributed by atoms with Crippen LogP contribution in [0.25, 0.3) is 0 Å². The van der Waals surface area contributed by atoms with Gasteiger partial charge in [0.15, 0.2) is 11.6 Å². The maximum atomic E-state index is 13.8. The molecule has 1 fully saturated rings. The van der Waals surface area contributed by atoms with Gasteiger partial charge in [-0.25, -0.2) is 4.39 Å². The van der Waals surface area contributed by atoms with Gasteiger partial charge in [-0.2, -0.15) is 0 Å². The summed E-state index contributed by atoms with van der Waals surface area (Å²) in [6.45, 7) is 6.00. The number of halogens is 1. The van der Waals surface area contributed by atoms with Crippen LogP contribution in [-0.4, -0.2) is 25.8 Å². The summed E-state index contributed by atoms with van der Waals surface area (Å²) in [7, 11) is 0. The van der Waals surface area contributed by atoms with Crippen LogP contribution >= 0.6 is 0 Å². The first-order valence-electron chi connectivity index (χ1n) is 5.95. The summed E-state index contributed by atoms with van der Waals surface area (Å²) in [5.41, 5.74) is 0.853. The highest BCUT2D eigenvalue weighted by molar-refractivity contribution is 5.31. The lowest BCUT2D eigenvalue weighted by atomic mass is 10.1. The Hall–Kier alpha value is -1.13. The quantitative estimate of drug-likeness (QED) is 0.877. The van der Waals surface area contributed by atoms with Crippen LogP contribution in [-0.2, 0) is 4.74 Å². The number of hydrogen-bond acceptors (Lipinski definition) is 3. The number of morpholine rings is 1. The second-order valence-electron chi connectivity index (χ2n) is 4.42. The molecule has 1 aliphatic heterocycles. The minimum Gasteiger partial charge on any atom is -0.488 e. The molecule has 1 heterocycles. The molecule has 0 aromatic heterocycles. The monoisotopic (exact) mass is 239 g/mol. The van der Waals surface area contributed by atoms with Crippen molar-refractivity contribution in [2.75, 3.05) is 19.7 Å². The number of rotatable bonds is 3. The average Bonchev–Trinajstić information content (AvgIpc) is 2.32. The van der Waals surface area contributed by atoms with E-state index in [2.05, 4.69) is 5.32 Å². The summed E-state index contributed by atoms with van der Waals surface area (Å²) < 4.78 is 24.7. The molecule has 94 valence electrons. The average molecular weight is 239 g/mol. The second-order valence-corrected chi connectivity index (χ2v) is 4.42. The van der Waals surface area contributed by atoms with E-state index in [1.54, 1.807) is 6.07 Å². The number of hydrogen-bond donors (Lipinski definition) is 1.